The number of aromatic amines is 2. The predicted molar refractivity (Wildman–Crippen MR) is 69.5 cm³/mol. The van der Waals surface area contributed by atoms with Gasteiger partial charge in [0.1, 0.15) is 0 Å². The molecular weight excluding hydrogens is 327 g/mol. The Morgan fingerprint density at radius 1 is 1.05 bits per heavy atom. The molecule has 0 aliphatic heterocycles. The summed E-state index contributed by atoms with van der Waals surface area (Å²) in [5, 5.41) is 0. The van der Waals surface area contributed by atoms with E-state index in [-0.39, 0.29) is 5.69 Å². The normalized spacial score (nSPS) is 11.5. The lowest BCUT2D eigenvalue weighted by Gasteiger charge is -2.10. The highest BCUT2D eigenvalue weighted by Gasteiger charge is 2.25. The Bertz CT molecular complexity index is 966. The van der Waals surface area contributed by atoms with Crippen molar-refractivity contribution in [3.63, 3.8) is 0 Å². The maximum Gasteiger partial charge on any atom is 0.325 e. The van der Waals surface area contributed by atoms with Crippen molar-refractivity contribution < 1.29 is 21.6 Å². The van der Waals surface area contributed by atoms with Gasteiger partial charge in [0.15, 0.2) is 22.3 Å². The summed E-state index contributed by atoms with van der Waals surface area (Å²) >= 11 is 0. The maximum atomic E-state index is 13.5. The number of hydrogen-bond acceptors (Lipinski definition) is 4. The van der Waals surface area contributed by atoms with Gasteiger partial charge in [-0.1, -0.05) is 0 Å². The topological polar surface area (TPSA) is 112 Å². The van der Waals surface area contributed by atoms with Crippen molar-refractivity contribution in [3.05, 3.63) is 56.1 Å². The summed E-state index contributed by atoms with van der Waals surface area (Å²) in [6.45, 7) is 1.13. The lowest BCUT2D eigenvalue weighted by atomic mass is 10.3. The molecule has 0 atom stereocenters. The first-order chi connectivity index (χ1) is 10.1. The van der Waals surface area contributed by atoms with Gasteiger partial charge in [0, 0.05) is 5.69 Å². The first-order valence-electron chi connectivity index (χ1n) is 5.63. The Hall–Kier alpha value is -2.56. The number of hydrogen-bond donors (Lipinski definition) is 3. The fraction of sp³-hybridized carbons (Fsp3) is 0.0909. The molecule has 0 saturated carbocycles. The summed E-state index contributed by atoms with van der Waals surface area (Å²) in [5.74, 6) is -5.13. The van der Waals surface area contributed by atoms with Crippen LogP contribution in [0.3, 0.4) is 0 Å². The monoisotopic (exact) mass is 335 g/mol. The van der Waals surface area contributed by atoms with Crippen LogP contribution in [0.5, 0.6) is 0 Å². The number of benzene rings is 1. The Labute approximate surface area is 120 Å². The molecule has 7 nitrogen and oxygen atoms in total. The zero-order valence-corrected chi connectivity index (χ0v) is 11.6. The van der Waals surface area contributed by atoms with Gasteiger partial charge >= 0.3 is 5.69 Å². The molecule has 0 aliphatic carbocycles. The van der Waals surface area contributed by atoms with Crippen LogP contribution in [-0.4, -0.2) is 18.4 Å². The maximum absolute atomic E-state index is 13.5. The van der Waals surface area contributed by atoms with E-state index in [2.05, 4.69) is 0 Å². The van der Waals surface area contributed by atoms with E-state index in [1.807, 2.05) is 4.98 Å². The van der Waals surface area contributed by atoms with Crippen LogP contribution in [0.1, 0.15) is 5.69 Å². The van der Waals surface area contributed by atoms with Crippen LogP contribution in [0.25, 0.3) is 0 Å². The first-order valence-corrected chi connectivity index (χ1v) is 7.11. The summed E-state index contributed by atoms with van der Waals surface area (Å²) in [6, 6.07) is 1.17. The largest absolute Gasteiger partial charge is 0.325 e. The highest BCUT2D eigenvalue weighted by molar-refractivity contribution is 7.92. The van der Waals surface area contributed by atoms with Crippen LogP contribution in [-0.2, 0) is 10.0 Å². The molecule has 0 amide bonds. The fourth-order valence-electron chi connectivity index (χ4n) is 1.71. The molecule has 0 aliphatic rings. The molecule has 2 rings (SSSR count). The lowest BCUT2D eigenvalue weighted by Crippen LogP contribution is -2.31. The van der Waals surface area contributed by atoms with Gasteiger partial charge in [-0.25, -0.2) is 26.4 Å². The van der Waals surface area contributed by atoms with Gasteiger partial charge in [-0.3, -0.25) is 14.5 Å². The SMILES string of the molecule is Cc1[nH]c(=O)[nH]c(=O)c1S(=O)(=O)Nc1ccc(F)c(F)c1F. The second-order valence-corrected chi connectivity index (χ2v) is 5.81. The number of anilines is 1. The molecule has 3 N–H and O–H groups in total. The number of rotatable bonds is 3. The average Bonchev–Trinajstić information content (AvgIpc) is 2.38. The summed E-state index contributed by atoms with van der Waals surface area (Å²) in [5.41, 5.74) is -3.36. The van der Waals surface area contributed by atoms with Crippen LogP contribution in [0.2, 0.25) is 0 Å². The van der Waals surface area contributed by atoms with Crippen molar-refractivity contribution in [3.8, 4) is 0 Å². The summed E-state index contributed by atoms with van der Waals surface area (Å²) in [7, 11) is -4.64. The van der Waals surface area contributed by atoms with E-state index in [9.17, 15) is 31.2 Å². The zero-order valence-electron chi connectivity index (χ0n) is 10.8. The molecule has 2 aromatic rings. The molecule has 0 radical (unpaired) electrons. The number of aromatic nitrogens is 2. The third-order valence-corrected chi connectivity index (χ3v) is 4.14. The molecule has 1 heterocycles. The third-order valence-electron chi connectivity index (χ3n) is 2.62. The molecule has 118 valence electrons. The van der Waals surface area contributed by atoms with Crippen molar-refractivity contribution in [1.29, 1.82) is 0 Å². The van der Waals surface area contributed by atoms with E-state index >= 15 is 0 Å². The van der Waals surface area contributed by atoms with Gasteiger partial charge in [0.05, 0.1) is 5.69 Å². The van der Waals surface area contributed by atoms with Crippen molar-refractivity contribution in [2.75, 3.05) is 4.72 Å². The van der Waals surface area contributed by atoms with E-state index in [1.165, 1.54) is 0 Å². The van der Waals surface area contributed by atoms with Gasteiger partial charge in [0.2, 0.25) is 0 Å². The van der Waals surface area contributed by atoms with E-state index in [0.717, 1.165) is 6.92 Å². The van der Waals surface area contributed by atoms with E-state index in [0.29, 0.717) is 12.1 Å². The van der Waals surface area contributed by atoms with E-state index < -0.39 is 49.3 Å². The van der Waals surface area contributed by atoms with Crippen LogP contribution in [0.4, 0.5) is 18.9 Å². The second-order valence-electron chi connectivity index (χ2n) is 4.19. The van der Waals surface area contributed by atoms with Crippen molar-refractivity contribution >= 4 is 15.7 Å². The fourth-order valence-corrected chi connectivity index (χ4v) is 3.01. The highest BCUT2D eigenvalue weighted by atomic mass is 32.2. The quantitative estimate of drug-likeness (QED) is 0.713. The van der Waals surface area contributed by atoms with Gasteiger partial charge in [0.25, 0.3) is 15.6 Å². The van der Waals surface area contributed by atoms with Crippen LogP contribution >= 0.6 is 0 Å². The number of H-pyrrole nitrogens is 2. The van der Waals surface area contributed by atoms with Gasteiger partial charge in [-0.2, -0.15) is 0 Å². The Balaban J connectivity index is 2.57. The van der Waals surface area contributed by atoms with Crippen molar-refractivity contribution in [2.45, 2.75) is 11.8 Å². The number of aryl methyl sites for hydroxylation is 1. The molecule has 0 fully saturated rings. The van der Waals surface area contributed by atoms with Crippen LogP contribution in [0, 0.1) is 24.4 Å². The minimum atomic E-state index is -4.64. The van der Waals surface area contributed by atoms with Gasteiger partial charge in [-0.05, 0) is 19.1 Å². The minimum Gasteiger partial charge on any atom is -0.310 e. The Morgan fingerprint density at radius 2 is 1.68 bits per heavy atom. The lowest BCUT2D eigenvalue weighted by molar-refractivity contribution is 0.449. The van der Waals surface area contributed by atoms with Gasteiger partial charge < -0.3 is 4.98 Å². The van der Waals surface area contributed by atoms with Crippen LogP contribution < -0.4 is 16.0 Å². The van der Waals surface area contributed by atoms with E-state index in [4.69, 9.17) is 0 Å². The van der Waals surface area contributed by atoms with Gasteiger partial charge in [-0.15, -0.1) is 0 Å². The molecule has 0 unspecified atom stereocenters. The predicted octanol–water partition coefficient (Wildman–Crippen LogP) is 0.590. The molecule has 0 bridgehead atoms. The smallest absolute Gasteiger partial charge is 0.310 e. The number of nitrogens with one attached hydrogen (secondary N) is 3. The standard InChI is InChI=1S/C11H8F3N3O4S/c1-4-9(10(18)16-11(19)15-4)22(20,21)17-6-3-2-5(12)7(13)8(6)14/h2-3,17H,1H3,(H2,15,16,18,19). The Kier molecular flexibility index (Phi) is 3.83. The molecule has 0 saturated heterocycles. The van der Waals surface area contributed by atoms with E-state index in [1.54, 1.807) is 9.71 Å². The number of sulfonamides is 1. The molecular formula is C11H8F3N3O4S. The summed E-state index contributed by atoms with van der Waals surface area (Å²) in [4.78, 5) is 25.5. The van der Waals surface area contributed by atoms with Crippen molar-refractivity contribution in [2.24, 2.45) is 0 Å². The highest BCUT2D eigenvalue weighted by Crippen LogP contribution is 2.22. The second kappa shape index (κ2) is 5.33. The minimum absolute atomic E-state index is 0.302. The molecule has 0 spiro atoms. The molecule has 1 aromatic heterocycles. The van der Waals surface area contributed by atoms with Crippen LogP contribution in [0.15, 0.2) is 26.6 Å². The van der Waals surface area contributed by atoms with Crippen molar-refractivity contribution in [1.82, 2.24) is 9.97 Å². The average molecular weight is 335 g/mol. The zero-order chi connectivity index (χ0) is 16.7. The molecule has 1 aromatic carbocycles. The third kappa shape index (κ3) is 2.74. The summed E-state index contributed by atoms with van der Waals surface area (Å²) < 4.78 is 65.1. The molecule has 11 heteroatoms. The first kappa shape index (κ1) is 15.8. The molecule has 22 heavy (non-hydrogen) atoms. The Morgan fingerprint density at radius 3 is 2.27 bits per heavy atom. The number of halogens is 3. The summed E-state index contributed by atoms with van der Waals surface area (Å²) in [6.07, 6.45) is 0.